The van der Waals surface area contributed by atoms with Crippen LogP contribution < -0.4 is 5.32 Å². The first-order valence-corrected chi connectivity index (χ1v) is 6.81. The quantitative estimate of drug-likeness (QED) is 0.898. The Labute approximate surface area is 115 Å². The van der Waals surface area contributed by atoms with Gasteiger partial charge in [-0.25, -0.2) is 0 Å². The van der Waals surface area contributed by atoms with E-state index in [0.29, 0.717) is 6.42 Å². The third kappa shape index (κ3) is 4.02. The van der Waals surface area contributed by atoms with Crippen molar-refractivity contribution in [2.75, 3.05) is 19.6 Å². The van der Waals surface area contributed by atoms with Crippen LogP contribution in [-0.2, 0) is 6.54 Å². The molecule has 1 saturated heterocycles. The first-order chi connectivity index (χ1) is 9.11. The molecule has 1 atom stereocenters. The molecule has 0 saturated carbocycles. The zero-order valence-corrected chi connectivity index (χ0v) is 11.8. The van der Waals surface area contributed by atoms with E-state index in [2.05, 4.69) is 41.2 Å². The lowest BCUT2D eigenvalue weighted by atomic mass is 9.93. The average molecular weight is 258 g/mol. The smallest absolute Gasteiger partial charge is 0.0638 e. The Balaban J connectivity index is 2.13. The molecule has 0 spiro atoms. The fourth-order valence-electron chi connectivity index (χ4n) is 2.66. The molecule has 1 aromatic heterocycles. The topological polar surface area (TPSA) is 52.0 Å². The van der Waals surface area contributed by atoms with Crippen molar-refractivity contribution in [2.24, 2.45) is 5.41 Å². The summed E-state index contributed by atoms with van der Waals surface area (Å²) in [6.45, 7) is 8.29. The Kier molecular flexibility index (Phi) is 4.52. The maximum Gasteiger partial charge on any atom is 0.0638 e. The van der Waals surface area contributed by atoms with Crippen LogP contribution in [0.1, 0.15) is 25.8 Å². The van der Waals surface area contributed by atoms with Crippen molar-refractivity contribution in [1.29, 1.82) is 5.26 Å². The molecule has 1 fully saturated rings. The predicted molar refractivity (Wildman–Crippen MR) is 75.3 cm³/mol. The first kappa shape index (κ1) is 14.0. The Bertz CT molecular complexity index is 435. The highest BCUT2D eigenvalue weighted by Gasteiger charge is 2.30. The zero-order chi connectivity index (χ0) is 13.7. The molecule has 2 heterocycles. The molecule has 0 aliphatic carbocycles. The van der Waals surface area contributed by atoms with Gasteiger partial charge in [0.15, 0.2) is 0 Å². The molecule has 0 amide bonds. The van der Waals surface area contributed by atoms with Crippen molar-refractivity contribution in [1.82, 2.24) is 15.2 Å². The summed E-state index contributed by atoms with van der Waals surface area (Å²) < 4.78 is 0. The lowest BCUT2D eigenvalue weighted by Gasteiger charge is -2.32. The summed E-state index contributed by atoms with van der Waals surface area (Å²) in [5.74, 6) is 0. The van der Waals surface area contributed by atoms with Crippen LogP contribution in [0.3, 0.4) is 0 Å². The van der Waals surface area contributed by atoms with Crippen LogP contribution in [0.25, 0.3) is 0 Å². The van der Waals surface area contributed by atoms with E-state index in [1.807, 2.05) is 12.3 Å². The monoisotopic (exact) mass is 258 g/mol. The number of nitrogens with one attached hydrogen (secondary N) is 1. The van der Waals surface area contributed by atoms with E-state index >= 15 is 0 Å². The molecule has 4 heteroatoms. The van der Waals surface area contributed by atoms with E-state index in [-0.39, 0.29) is 11.5 Å². The second kappa shape index (κ2) is 6.14. The molecule has 4 nitrogen and oxygen atoms in total. The fourth-order valence-corrected chi connectivity index (χ4v) is 2.66. The molecule has 1 aliphatic rings. The van der Waals surface area contributed by atoms with E-state index in [0.717, 1.165) is 26.2 Å². The van der Waals surface area contributed by atoms with Crippen molar-refractivity contribution in [3.63, 3.8) is 0 Å². The highest BCUT2D eigenvalue weighted by atomic mass is 15.2. The maximum absolute atomic E-state index is 9.01. The molecule has 1 unspecified atom stereocenters. The Morgan fingerprint density at radius 3 is 3.11 bits per heavy atom. The lowest BCUT2D eigenvalue weighted by molar-refractivity contribution is 0.150. The van der Waals surface area contributed by atoms with Crippen LogP contribution in [0.2, 0.25) is 0 Å². The second-order valence-corrected chi connectivity index (χ2v) is 6.08. The molecule has 1 N–H and O–H groups in total. The van der Waals surface area contributed by atoms with E-state index < -0.39 is 0 Å². The van der Waals surface area contributed by atoms with Gasteiger partial charge < -0.3 is 5.32 Å². The molecule has 2 rings (SSSR count). The van der Waals surface area contributed by atoms with Gasteiger partial charge in [0.25, 0.3) is 0 Å². The van der Waals surface area contributed by atoms with E-state index in [9.17, 15) is 0 Å². The zero-order valence-electron chi connectivity index (χ0n) is 11.8. The summed E-state index contributed by atoms with van der Waals surface area (Å²) in [6.07, 6.45) is 4.28. The van der Waals surface area contributed by atoms with Crippen LogP contribution in [-0.4, -0.2) is 35.6 Å². The van der Waals surface area contributed by atoms with E-state index in [1.54, 1.807) is 6.20 Å². The van der Waals surface area contributed by atoms with Gasteiger partial charge in [-0.2, -0.15) is 5.26 Å². The van der Waals surface area contributed by atoms with Crippen molar-refractivity contribution in [3.05, 3.63) is 30.1 Å². The van der Waals surface area contributed by atoms with Crippen molar-refractivity contribution < 1.29 is 0 Å². The molecule has 19 heavy (non-hydrogen) atoms. The number of hydrogen-bond donors (Lipinski definition) is 1. The predicted octanol–water partition coefficient (Wildman–Crippen LogP) is 1.80. The Hall–Kier alpha value is -1.44. The summed E-state index contributed by atoms with van der Waals surface area (Å²) in [4.78, 5) is 6.59. The Morgan fingerprint density at radius 1 is 1.58 bits per heavy atom. The standard InChI is InChI=1S/C15H22N4/c1-15(2)11-18-9-14(5-6-16)19(12-15)10-13-4-3-7-17-8-13/h3-4,7-8,14,18H,5,9-12H2,1-2H3. The van der Waals surface area contributed by atoms with Gasteiger partial charge in [-0.3, -0.25) is 9.88 Å². The SMILES string of the molecule is CC1(C)CNCC(CC#N)N(Cc2cccnc2)C1. The molecule has 1 aliphatic heterocycles. The minimum Gasteiger partial charge on any atom is -0.315 e. The average Bonchev–Trinajstić information content (AvgIpc) is 2.50. The summed E-state index contributed by atoms with van der Waals surface area (Å²) in [6, 6.07) is 6.66. The fraction of sp³-hybridized carbons (Fsp3) is 0.600. The van der Waals surface area contributed by atoms with Gasteiger partial charge in [0.2, 0.25) is 0 Å². The second-order valence-electron chi connectivity index (χ2n) is 6.08. The lowest BCUT2D eigenvalue weighted by Crippen LogP contribution is -2.40. The van der Waals surface area contributed by atoms with Gasteiger partial charge >= 0.3 is 0 Å². The van der Waals surface area contributed by atoms with Gasteiger partial charge in [-0.15, -0.1) is 0 Å². The van der Waals surface area contributed by atoms with Crippen LogP contribution in [0.15, 0.2) is 24.5 Å². The molecular weight excluding hydrogens is 236 g/mol. The third-order valence-corrected chi connectivity index (χ3v) is 3.57. The highest BCUT2D eigenvalue weighted by Crippen LogP contribution is 2.23. The first-order valence-electron chi connectivity index (χ1n) is 6.81. The number of aromatic nitrogens is 1. The van der Waals surface area contributed by atoms with E-state index in [1.165, 1.54) is 5.56 Å². The molecule has 1 aromatic rings. The summed E-state index contributed by atoms with van der Waals surface area (Å²) in [7, 11) is 0. The summed E-state index contributed by atoms with van der Waals surface area (Å²) >= 11 is 0. The Morgan fingerprint density at radius 2 is 2.42 bits per heavy atom. The minimum absolute atomic E-state index is 0.229. The highest BCUT2D eigenvalue weighted by molar-refractivity contribution is 5.09. The molecule has 0 radical (unpaired) electrons. The minimum atomic E-state index is 0.229. The van der Waals surface area contributed by atoms with E-state index in [4.69, 9.17) is 5.26 Å². The summed E-state index contributed by atoms with van der Waals surface area (Å²) in [5.41, 5.74) is 1.44. The third-order valence-electron chi connectivity index (χ3n) is 3.57. The van der Waals surface area contributed by atoms with Crippen LogP contribution in [0.4, 0.5) is 0 Å². The number of nitrogens with zero attached hydrogens (tertiary/aromatic N) is 3. The number of pyridine rings is 1. The van der Waals surface area contributed by atoms with Gasteiger partial charge in [-0.05, 0) is 17.0 Å². The molecular formula is C15H22N4. The van der Waals surface area contributed by atoms with Gasteiger partial charge in [0.1, 0.15) is 0 Å². The van der Waals surface area contributed by atoms with Gasteiger partial charge in [0, 0.05) is 44.6 Å². The molecule has 102 valence electrons. The van der Waals surface area contributed by atoms with Gasteiger partial charge in [0.05, 0.1) is 12.5 Å². The van der Waals surface area contributed by atoms with Crippen molar-refractivity contribution in [3.8, 4) is 6.07 Å². The normalized spacial score (nSPS) is 23.5. The molecule has 0 aromatic carbocycles. The number of nitriles is 1. The van der Waals surface area contributed by atoms with Crippen LogP contribution in [0, 0.1) is 16.7 Å². The maximum atomic E-state index is 9.01. The largest absolute Gasteiger partial charge is 0.315 e. The van der Waals surface area contributed by atoms with Crippen molar-refractivity contribution in [2.45, 2.75) is 32.9 Å². The number of rotatable bonds is 3. The van der Waals surface area contributed by atoms with Crippen molar-refractivity contribution >= 4 is 0 Å². The van der Waals surface area contributed by atoms with Crippen LogP contribution >= 0.6 is 0 Å². The molecule has 0 bridgehead atoms. The van der Waals surface area contributed by atoms with Crippen LogP contribution in [0.5, 0.6) is 0 Å². The number of hydrogen-bond acceptors (Lipinski definition) is 4. The summed E-state index contributed by atoms with van der Waals surface area (Å²) in [5, 5.41) is 12.5. The van der Waals surface area contributed by atoms with Gasteiger partial charge in [-0.1, -0.05) is 19.9 Å².